The van der Waals surface area contributed by atoms with Crippen molar-refractivity contribution in [3.63, 3.8) is 0 Å². The summed E-state index contributed by atoms with van der Waals surface area (Å²) in [7, 11) is 0. The van der Waals surface area contributed by atoms with Crippen molar-refractivity contribution < 1.29 is 14.6 Å². The highest BCUT2D eigenvalue weighted by atomic mass is 16.6. The fraction of sp³-hybridized carbons (Fsp3) is 0.529. The molecule has 1 fully saturated rings. The first-order chi connectivity index (χ1) is 11.2. The predicted octanol–water partition coefficient (Wildman–Crippen LogP) is 1.76. The van der Waals surface area contributed by atoms with Crippen molar-refractivity contribution in [3.8, 4) is 5.75 Å². The molecule has 0 radical (unpaired) electrons. The molecule has 3 N–H and O–H groups in total. The highest BCUT2D eigenvalue weighted by Gasteiger charge is 2.26. The molecule has 0 spiro atoms. The second-order valence-electron chi connectivity index (χ2n) is 6.80. The smallest absolute Gasteiger partial charge is 0.410 e. The Labute approximate surface area is 142 Å². The summed E-state index contributed by atoms with van der Waals surface area (Å²) in [6.45, 7) is 8.32. The van der Waals surface area contributed by atoms with Gasteiger partial charge in [-0.1, -0.05) is 12.1 Å². The standard InChI is InChI=1S/C17H26N4O3/c1-17(2,3)24-16(23)21-9-7-20(8-10-21)15(18)19-12-13-5-4-6-14(22)11-13/h4-6,11,22H,7-10,12H2,1-3H3,(H2,18,19). The molecule has 1 amide bonds. The van der Waals surface area contributed by atoms with Crippen LogP contribution in [0.1, 0.15) is 26.3 Å². The molecule has 0 saturated carbocycles. The van der Waals surface area contributed by atoms with Crippen LogP contribution in [0.2, 0.25) is 0 Å². The number of benzene rings is 1. The van der Waals surface area contributed by atoms with Gasteiger partial charge in [-0.3, -0.25) is 0 Å². The molecule has 132 valence electrons. The molecule has 7 heteroatoms. The van der Waals surface area contributed by atoms with Gasteiger partial charge in [0.15, 0.2) is 5.96 Å². The zero-order chi connectivity index (χ0) is 17.7. The second kappa shape index (κ2) is 7.42. The Morgan fingerprint density at radius 3 is 2.46 bits per heavy atom. The van der Waals surface area contributed by atoms with E-state index in [1.165, 1.54) is 0 Å². The number of phenols is 1. The molecule has 1 aliphatic rings. The Morgan fingerprint density at radius 1 is 1.25 bits per heavy atom. The van der Waals surface area contributed by atoms with E-state index in [1.54, 1.807) is 23.1 Å². The quantitative estimate of drug-likeness (QED) is 0.635. The van der Waals surface area contributed by atoms with E-state index < -0.39 is 5.60 Å². The average Bonchev–Trinajstić information content (AvgIpc) is 2.51. The Kier molecular flexibility index (Phi) is 5.54. The first-order valence-corrected chi connectivity index (χ1v) is 8.05. The van der Waals surface area contributed by atoms with Crippen molar-refractivity contribution in [3.05, 3.63) is 29.8 Å². The lowest BCUT2D eigenvalue weighted by Gasteiger charge is -2.36. The van der Waals surface area contributed by atoms with Crippen LogP contribution >= 0.6 is 0 Å². The van der Waals surface area contributed by atoms with Gasteiger partial charge in [0, 0.05) is 26.2 Å². The number of piperazine rings is 1. The number of aliphatic imine (C=N–C) groups is 1. The molecule has 7 nitrogen and oxygen atoms in total. The molecule has 1 aromatic carbocycles. The Morgan fingerprint density at radius 2 is 1.88 bits per heavy atom. The minimum absolute atomic E-state index is 0.215. The molecule has 0 aliphatic carbocycles. The van der Waals surface area contributed by atoms with Gasteiger partial charge < -0.3 is 25.4 Å². The lowest BCUT2D eigenvalue weighted by atomic mass is 10.2. The molecule has 0 atom stereocenters. The van der Waals surface area contributed by atoms with Crippen LogP contribution in [0.25, 0.3) is 0 Å². The third-order valence-electron chi connectivity index (χ3n) is 3.59. The van der Waals surface area contributed by atoms with Crippen LogP contribution in [0.5, 0.6) is 5.75 Å². The number of aromatic hydroxyl groups is 1. The van der Waals surface area contributed by atoms with E-state index in [-0.39, 0.29) is 11.8 Å². The number of carbonyl (C=O) groups is 1. The number of amides is 1. The van der Waals surface area contributed by atoms with E-state index in [9.17, 15) is 9.90 Å². The molecule has 24 heavy (non-hydrogen) atoms. The minimum Gasteiger partial charge on any atom is -0.508 e. The summed E-state index contributed by atoms with van der Waals surface area (Å²) in [4.78, 5) is 20.0. The second-order valence-corrected chi connectivity index (χ2v) is 6.80. The van der Waals surface area contributed by atoms with Gasteiger partial charge in [0.1, 0.15) is 11.4 Å². The van der Waals surface area contributed by atoms with E-state index in [2.05, 4.69) is 4.99 Å². The lowest BCUT2D eigenvalue weighted by Crippen LogP contribution is -2.53. The van der Waals surface area contributed by atoms with Gasteiger partial charge in [0.2, 0.25) is 0 Å². The summed E-state index contributed by atoms with van der Waals surface area (Å²) in [5.41, 5.74) is 6.44. The van der Waals surface area contributed by atoms with Crippen LogP contribution in [-0.2, 0) is 11.3 Å². The summed E-state index contributed by atoms with van der Waals surface area (Å²) < 4.78 is 5.37. The number of hydrogen-bond donors (Lipinski definition) is 2. The number of nitrogens with two attached hydrogens (primary N) is 1. The molecule has 1 aliphatic heterocycles. The van der Waals surface area contributed by atoms with Crippen molar-refractivity contribution in [1.29, 1.82) is 0 Å². The van der Waals surface area contributed by atoms with Gasteiger partial charge in [-0.05, 0) is 38.5 Å². The predicted molar refractivity (Wildman–Crippen MR) is 92.8 cm³/mol. The van der Waals surface area contributed by atoms with E-state index in [0.29, 0.717) is 38.7 Å². The summed E-state index contributed by atoms with van der Waals surface area (Å²) in [5, 5.41) is 9.45. The maximum atomic E-state index is 12.0. The first kappa shape index (κ1) is 17.9. The largest absolute Gasteiger partial charge is 0.508 e. The molecule has 2 rings (SSSR count). The third kappa shape index (κ3) is 5.33. The minimum atomic E-state index is -0.490. The molecule has 0 bridgehead atoms. The van der Waals surface area contributed by atoms with Gasteiger partial charge >= 0.3 is 6.09 Å². The maximum absolute atomic E-state index is 12.0. The van der Waals surface area contributed by atoms with Crippen LogP contribution in [-0.4, -0.2) is 58.7 Å². The number of rotatable bonds is 2. The van der Waals surface area contributed by atoms with Gasteiger partial charge in [-0.25, -0.2) is 9.79 Å². The van der Waals surface area contributed by atoms with E-state index >= 15 is 0 Å². The number of nitrogens with zero attached hydrogens (tertiary/aromatic N) is 3. The van der Waals surface area contributed by atoms with E-state index in [4.69, 9.17) is 10.5 Å². The molecule has 1 aromatic rings. The van der Waals surface area contributed by atoms with Crippen LogP contribution in [0.15, 0.2) is 29.3 Å². The third-order valence-corrected chi connectivity index (χ3v) is 3.59. The van der Waals surface area contributed by atoms with Crippen LogP contribution in [0.4, 0.5) is 4.79 Å². The van der Waals surface area contributed by atoms with Crippen molar-refractivity contribution in [2.75, 3.05) is 26.2 Å². The van der Waals surface area contributed by atoms with E-state index in [1.807, 2.05) is 31.7 Å². The SMILES string of the molecule is CC(C)(C)OC(=O)N1CCN(C(N)=NCc2cccc(O)c2)CC1. The number of guanidine groups is 1. The fourth-order valence-corrected chi connectivity index (χ4v) is 2.37. The molecule has 1 saturated heterocycles. The summed E-state index contributed by atoms with van der Waals surface area (Å²) in [6, 6.07) is 6.94. The molecule has 1 heterocycles. The average molecular weight is 334 g/mol. The zero-order valence-electron chi connectivity index (χ0n) is 14.5. The Balaban J connectivity index is 1.85. The molecule has 0 aromatic heterocycles. The van der Waals surface area contributed by atoms with Crippen LogP contribution in [0, 0.1) is 0 Å². The van der Waals surface area contributed by atoms with Crippen molar-refractivity contribution in [2.24, 2.45) is 10.7 Å². The zero-order valence-corrected chi connectivity index (χ0v) is 14.5. The number of hydrogen-bond acceptors (Lipinski definition) is 4. The van der Waals surface area contributed by atoms with Crippen LogP contribution in [0.3, 0.4) is 0 Å². The molecular weight excluding hydrogens is 308 g/mol. The lowest BCUT2D eigenvalue weighted by molar-refractivity contribution is 0.0186. The van der Waals surface area contributed by atoms with E-state index in [0.717, 1.165) is 5.56 Å². The highest BCUT2D eigenvalue weighted by molar-refractivity contribution is 5.78. The number of carbonyl (C=O) groups excluding carboxylic acids is 1. The van der Waals surface area contributed by atoms with Crippen molar-refractivity contribution >= 4 is 12.1 Å². The summed E-state index contributed by atoms with van der Waals surface area (Å²) >= 11 is 0. The highest BCUT2D eigenvalue weighted by Crippen LogP contribution is 2.13. The van der Waals surface area contributed by atoms with Gasteiger partial charge in [0.05, 0.1) is 6.54 Å². The normalized spacial score (nSPS) is 16.2. The molecule has 0 unspecified atom stereocenters. The Hall–Kier alpha value is -2.44. The van der Waals surface area contributed by atoms with Gasteiger partial charge in [-0.15, -0.1) is 0 Å². The molecular formula is C17H26N4O3. The summed E-state index contributed by atoms with van der Waals surface area (Å²) in [5.74, 6) is 0.662. The van der Waals surface area contributed by atoms with Crippen LogP contribution < -0.4 is 5.73 Å². The van der Waals surface area contributed by atoms with Crippen molar-refractivity contribution in [1.82, 2.24) is 9.80 Å². The van der Waals surface area contributed by atoms with Gasteiger partial charge in [0.25, 0.3) is 0 Å². The maximum Gasteiger partial charge on any atom is 0.410 e. The topological polar surface area (TPSA) is 91.4 Å². The monoisotopic (exact) mass is 334 g/mol. The first-order valence-electron chi connectivity index (χ1n) is 8.05. The number of ether oxygens (including phenoxy) is 1. The van der Waals surface area contributed by atoms with Crippen molar-refractivity contribution in [2.45, 2.75) is 32.9 Å². The fourth-order valence-electron chi connectivity index (χ4n) is 2.37. The van der Waals surface area contributed by atoms with Gasteiger partial charge in [-0.2, -0.15) is 0 Å². The Bertz CT molecular complexity index is 602. The summed E-state index contributed by atoms with van der Waals surface area (Å²) in [6.07, 6.45) is -0.294. The number of phenolic OH excluding ortho intramolecular Hbond substituents is 1.